The molecule has 0 atom stereocenters. The van der Waals surface area contributed by atoms with Crippen LogP contribution in [0.3, 0.4) is 0 Å². The SMILES string of the molecule is O=C(NCc1ccncc1)c1cccc(N2CCCC2=O)c1. The third kappa shape index (κ3) is 3.14. The minimum absolute atomic E-state index is 0.120. The largest absolute Gasteiger partial charge is 0.348 e. The fraction of sp³-hybridized carbons (Fsp3) is 0.235. The fourth-order valence-electron chi connectivity index (χ4n) is 2.52. The van der Waals surface area contributed by atoms with Gasteiger partial charge in [-0.25, -0.2) is 0 Å². The molecule has 2 aromatic rings. The van der Waals surface area contributed by atoms with Crippen LogP contribution in [0, 0.1) is 0 Å². The number of nitrogens with one attached hydrogen (secondary N) is 1. The monoisotopic (exact) mass is 295 g/mol. The summed E-state index contributed by atoms with van der Waals surface area (Å²) in [5.74, 6) is -0.0281. The highest BCUT2D eigenvalue weighted by molar-refractivity contribution is 5.99. The van der Waals surface area contributed by atoms with E-state index in [0.29, 0.717) is 18.5 Å². The molecule has 0 saturated carbocycles. The molecule has 0 radical (unpaired) electrons. The molecule has 1 aliphatic rings. The Morgan fingerprint density at radius 1 is 1.23 bits per heavy atom. The van der Waals surface area contributed by atoms with Gasteiger partial charge in [0.1, 0.15) is 0 Å². The number of nitrogens with zero attached hydrogens (tertiary/aromatic N) is 2. The topological polar surface area (TPSA) is 62.3 Å². The van der Waals surface area contributed by atoms with Gasteiger partial charge in [-0.1, -0.05) is 6.07 Å². The Bertz CT molecular complexity index is 685. The molecule has 0 spiro atoms. The van der Waals surface area contributed by atoms with Crippen molar-refractivity contribution in [3.63, 3.8) is 0 Å². The maximum Gasteiger partial charge on any atom is 0.251 e. The van der Waals surface area contributed by atoms with Crippen molar-refractivity contribution in [1.29, 1.82) is 0 Å². The summed E-state index contributed by atoms with van der Waals surface area (Å²) < 4.78 is 0. The summed E-state index contributed by atoms with van der Waals surface area (Å²) in [5, 5.41) is 2.87. The van der Waals surface area contributed by atoms with Gasteiger partial charge in [-0.3, -0.25) is 14.6 Å². The van der Waals surface area contributed by atoms with E-state index < -0.39 is 0 Å². The van der Waals surface area contributed by atoms with Gasteiger partial charge in [-0.2, -0.15) is 0 Å². The van der Waals surface area contributed by atoms with Crippen LogP contribution in [-0.4, -0.2) is 23.3 Å². The van der Waals surface area contributed by atoms with E-state index >= 15 is 0 Å². The first-order chi connectivity index (χ1) is 10.7. The average Bonchev–Trinajstić information content (AvgIpc) is 3.00. The highest BCUT2D eigenvalue weighted by atomic mass is 16.2. The zero-order chi connectivity index (χ0) is 15.4. The van der Waals surface area contributed by atoms with Crippen LogP contribution in [0.15, 0.2) is 48.8 Å². The minimum atomic E-state index is -0.148. The lowest BCUT2D eigenvalue weighted by Gasteiger charge is -2.16. The van der Waals surface area contributed by atoms with Crippen molar-refractivity contribution in [2.75, 3.05) is 11.4 Å². The molecule has 0 bridgehead atoms. The molecule has 1 fully saturated rings. The Morgan fingerprint density at radius 2 is 2.05 bits per heavy atom. The van der Waals surface area contributed by atoms with Crippen LogP contribution in [0.25, 0.3) is 0 Å². The van der Waals surface area contributed by atoms with Gasteiger partial charge in [0.2, 0.25) is 5.91 Å². The fourth-order valence-corrected chi connectivity index (χ4v) is 2.52. The molecule has 2 heterocycles. The first-order valence-corrected chi connectivity index (χ1v) is 7.31. The van der Waals surface area contributed by atoms with E-state index in [1.54, 1.807) is 29.4 Å². The van der Waals surface area contributed by atoms with Crippen molar-refractivity contribution in [1.82, 2.24) is 10.3 Å². The maximum atomic E-state index is 12.2. The molecule has 22 heavy (non-hydrogen) atoms. The van der Waals surface area contributed by atoms with E-state index in [1.165, 1.54) is 0 Å². The zero-order valence-corrected chi connectivity index (χ0v) is 12.2. The summed E-state index contributed by atoms with van der Waals surface area (Å²) in [6, 6.07) is 10.9. The van der Waals surface area contributed by atoms with Gasteiger partial charge >= 0.3 is 0 Å². The van der Waals surface area contributed by atoms with E-state index in [4.69, 9.17) is 0 Å². The lowest BCUT2D eigenvalue weighted by atomic mass is 10.1. The van der Waals surface area contributed by atoms with Gasteiger partial charge in [0.15, 0.2) is 0 Å². The van der Waals surface area contributed by atoms with Gasteiger partial charge in [-0.05, 0) is 42.3 Å². The van der Waals surface area contributed by atoms with Gasteiger partial charge in [0, 0.05) is 43.2 Å². The molecule has 1 aliphatic heterocycles. The van der Waals surface area contributed by atoms with Gasteiger partial charge in [0.05, 0.1) is 0 Å². The van der Waals surface area contributed by atoms with Crippen LogP contribution in [-0.2, 0) is 11.3 Å². The van der Waals surface area contributed by atoms with E-state index in [2.05, 4.69) is 10.3 Å². The van der Waals surface area contributed by atoms with Gasteiger partial charge in [-0.15, -0.1) is 0 Å². The average molecular weight is 295 g/mol. The predicted molar refractivity (Wildman–Crippen MR) is 83.4 cm³/mol. The molecular weight excluding hydrogens is 278 g/mol. The van der Waals surface area contributed by atoms with Crippen molar-refractivity contribution in [2.24, 2.45) is 0 Å². The molecule has 2 amide bonds. The smallest absolute Gasteiger partial charge is 0.251 e. The molecule has 1 N–H and O–H groups in total. The molecule has 5 heteroatoms. The Labute approximate surface area is 129 Å². The third-order valence-electron chi connectivity index (χ3n) is 3.70. The number of anilines is 1. The van der Waals surface area contributed by atoms with E-state index in [0.717, 1.165) is 24.2 Å². The molecule has 1 aromatic carbocycles. The van der Waals surface area contributed by atoms with Crippen molar-refractivity contribution in [3.05, 3.63) is 59.9 Å². The summed E-state index contributed by atoms with van der Waals surface area (Å²) in [4.78, 5) is 29.7. The summed E-state index contributed by atoms with van der Waals surface area (Å²) in [5.41, 5.74) is 2.35. The molecule has 1 aromatic heterocycles. The molecule has 0 aliphatic carbocycles. The number of aromatic nitrogens is 1. The second kappa shape index (κ2) is 6.39. The Kier molecular flexibility index (Phi) is 4.14. The lowest BCUT2D eigenvalue weighted by molar-refractivity contribution is -0.117. The minimum Gasteiger partial charge on any atom is -0.348 e. The molecular formula is C17H17N3O2. The van der Waals surface area contributed by atoms with E-state index in [-0.39, 0.29) is 11.8 Å². The van der Waals surface area contributed by atoms with E-state index in [1.807, 2.05) is 24.3 Å². The first kappa shape index (κ1) is 14.3. The van der Waals surface area contributed by atoms with Crippen LogP contribution in [0.4, 0.5) is 5.69 Å². The molecule has 0 unspecified atom stereocenters. The number of rotatable bonds is 4. The highest BCUT2D eigenvalue weighted by Gasteiger charge is 2.22. The van der Waals surface area contributed by atoms with Crippen LogP contribution in [0.2, 0.25) is 0 Å². The summed E-state index contributed by atoms with van der Waals surface area (Å²) >= 11 is 0. The standard InChI is InChI=1S/C17H17N3O2/c21-16-5-2-10-20(16)15-4-1-3-14(11-15)17(22)19-12-13-6-8-18-9-7-13/h1,3-4,6-9,11H,2,5,10,12H2,(H,19,22). The Morgan fingerprint density at radius 3 is 2.77 bits per heavy atom. The lowest BCUT2D eigenvalue weighted by Crippen LogP contribution is -2.25. The van der Waals surface area contributed by atoms with Gasteiger partial charge < -0.3 is 10.2 Å². The van der Waals surface area contributed by atoms with Crippen LogP contribution in [0.1, 0.15) is 28.8 Å². The number of hydrogen-bond acceptors (Lipinski definition) is 3. The van der Waals surface area contributed by atoms with Gasteiger partial charge in [0.25, 0.3) is 5.91 Å². The number of amides is 2. The molecule has 1 saturated heterocycles. The van der Waals surface area contributed by atoms with Crippen molar-refractivity contribution < 1.29 is 9.59 Å². The Hall–Kier alpha value is -2.69. The number of pyridine rings is 1. The van der Waals surface area contributed by atoms with E-state index in [9.17, 15) is 9.59 Å². The van der Waals surface area contributed by atoms with Crippen molar-refractivity contribution in [2.45, 2.75) is 19.4 Å². The zero-order valence-electron chi connectivity index (χ0n) is 12.2. The van der Waals surface area contributed by atoms with Crippen molar-refractivity contribution in [3.8, 4) is 0 Å². The van der Waals surface area contributed by atoms with Crippen molar-refractivity contribution >= 4 is 17.5 Å². The number of carbonyl (C=O) groups excluding carboxylic acids is 2. The second-order valence-electron chi connectivity index (χ2n) is 5.24. The molecule has 112 valence electrons. The normalized spacial score (nSPS) is 14.2. The summed E-state index contributed by atoms with van der Waals surface area (Å²) in [6.07, 6.45) is 4.85. The van der Waals surface area contributed by atoms with Crippen LogP contribution < -0.4 is 10.2 Å². The molecule has 3 rings (SSSR count). The third-order valence-corrected chi connectivity index (χ3v) is 3.70. The molecule has 5 nitrogen and oxygen atoms in total. The highest BCUT2D eigenvalue weighted by Crippen LogP contribution is 2.22. The quantitative estimate of drug-likeness (QED) is 0.940. The number of hydrogen-bond donors (Lipinski definition) is 1. The number of carbonyl (C=O) groups is 2. The first-order valence-electron chi connectivity index (χ1n) is 7.31. The summed E-state index contributed by atoms with van der Waals surface area (Å²) in [6.45, 7) is 1.18. The summed E-state index contributed by atoms with van der Waals surface area (Å²) in [7, 11) is 0. The second-order valence-corrected chi connectivity index (χ2v) is 5.24. The van der Waals surface area contributed by atoms with Crippen LogP contribution >= 0.6 is 0 Å². The maximum absolute atomic E-state index is 12.2. The number of benzene rings is 1. The van der Waals surface area contributed by atoms with Crippen LogP contribution in [0.5, 0.6) is 0 Å². The predicted octanol–water partition coefficient (Wildman–Crippen LogP) is 2.14. The Balaban J connectivity index is 1.69.